The Morgan fingerprint density at radius 2 is 1.94 bits per heavy atom. The Morgan fingerprint density at radius 3 is 2.60 bits per heavy atom. The molecule has 0 radical (unpaired) electrons. The van der Waals surface area contributed by atoms with Crippen molar-refractivity contribution in [1.29, 1.82) is 0 Å². The lowest BCUT2D eigenvalue weighted by atomic mass is 9.95. The van der Waals surface area contributed by atoms with E-state index in [1.54, 1.807) is 17.7 Å². The molecule has 0 spiro atoms. The number of fused-ring (bicyclic) bond motifs is 2. The molecule has 1 aromatic carbocycles. The van der Waals surface area contributed by atoms with E-state index in [1.807, 2.05) is 24.6 Å². The largest absolute Gasteiger partial charge is 0.466 e. The number of nitrogens with zero attached hydrogens (tertiary/aromatic N) is 3. The van der Waals surface area contributed by atoms with Gasteiger partial charge in [-0.2, -0.15) is 5.10 Å². The lowest BCUT2D eigenvalue weighted by Crippen LogP contribution is -2.12. The van der Waals surface area contributed by atoms with Crippen LogP contribution in [-0.4, -0.2) is 46.3 Å². The van der Waals surface area contributed by atoms with Gasteiger partial charge in [0.2, 0.25) is 0 Å². The van der Waals surface area contributed by atoms with E-state index in [9.17, 15) is 14.4 Å². The molecule has 8 nitrogen and oxygen atoms in total. The second-order valence-corrected chi connectivity index (χ2v) is 8.55. The molecule has 0 saturated heterocycles. The molecule has 1 aliphatic rings. The third-order valence-electron chi connectivity index (χ3n) is 6.14. The Hall–Kier alpha value is -3.13. The summed E-state index contributed by atoms with van der Waals surface area (Å²) in [6, 6.07) is 3.67. The van der Waals surface area contributed by atoms with Crippen molar-refractivity contribution in [2.24, 2.45) is 7.05 Å². The van der Waals surface area contributed by atoms with Gasteiger partial charge in [0, 0.05) is 42.7 Å². The van der Waals surface area contributed by atoms with Crippen LogP contribution in [0.1, 0.15) is 72.3 Å². The second kappa shape index (κ2) is 11.5. The SMILES string of the molecule is CC.COC(=O)c1c(CCCOC(C)=O)c2ccc(Cl)c(-c3c(C=O)nn4c3CCCC4)c2n1C. The Labute approximate surface area is 210 Å². The number of benzene rings is 1. The number of carbonyl (C=O) groups is 3. The van der Waals surface area contributed by atoms with E-state index in [4.69, 9.17) is 21.1 Å². The van der Waals surface area contributed by atoms with Crippen molar-refractivity contribution >= 4 is 40.7 Å². The highest BCUT2D eigenvalue weighted by atomic mass is 35.5. The Balaban J connectivity index is 0.00000167. The zero-order valence-corrected chi connectivity index (χ0v) is 21.7. The minimum Gasteiger partial charge on any atom is -0.466 e. The van der Waals surface area contributed by atoms with Gasteiger partial charge in [-0.15, -0.1) is 0 Å². The lowest BCUT2D eigenvalue weighted by molar-refractivity contribution is -0.141. The molecule has 188 valence electrons. The fraction of sp³-hybridized carbons (Fsp3) is 0.462. The van der Waals surface area contributed by atoms with Crippen LogP contribution in [0, 0.1) is 0 Å². The molecule has 3 heterocycles. The first kappa shape index (κ1) is 26.5. The van der Waals surface area contributed by atoms with Gasteiger partial charge >= 0.3 is 11.9 Å². The zero-order chi connectivity index (χ0) is 25.7. The van der Waals surface area contributed by atoms with Crippen molar-refractivity contribution in [3.63, 3.8) is 0 Å². The smallest absolute Gasteiger partial charge is 0.354 e. The number of halogens is 1. The van der Waals surface area contributed by atoms with Crippen LogP contribution < -0.4 is 0 Å². The molecule has 35 heavy (non-hydrogen) atoms. The van der Waals surface area contributed by atoms with E-state index >= 15 is 0 Å². The predicted molar refractivity (Wildman–Crippen MR) is 135 cm³/mol. The van der Waals surface area contributed by atoms with Crippen molar-refractivity contribution in [2.45, 2.75) is 59.4 Å². The Morgan fingerprint density at radius 1 is 1.20 bits per heavy atom. The first-order chi connectivity index (χ1) is 16.9. The standard InChI is InChI=1S/C24H26ClN3O5.C2H6/c1-14(30)33-12-6-7-15-16-9-10-17(25)20(22(16)27(2)23(15)24(31)32-3)21-18(13-29)26-28-11-5-4-8-19(21)28;1-2/h9-10,13H,4-8,11-12H2,1-3H3;1-2H3. The van der Waals surface area contributed by atoms with E-state index in [0.717, 1.165) is 59.8 Å². The van der Waals surface area contributed by atoms with Crippen molar-refractivity contribution in [3.8, 4) is 11.1 Å². The van der Waals surface area contributed by atoms with Gasteiger partial charge in [-0.25, -0.2) is 4.79 Å². The van der Waals surface area contributed by atoms with Crippen LogP contribution in [0.25, 0.3) is 22.0 Å². The number of methoxy groups -OCH3 is 1. The highest BCUT2D eigenvalue weighted by Gasteiger charge is 2.29. The molecule has 4 rings (SSSR count). The summed E-state index contributed by atoms with van der Waals surface area (Å²) >= 11 is 6.73. The molecular formula is C26H32ClN3O5. The molecule has 9 heteroatoms. The van der Waals surface area contributed by atoms with Crippen LogP contribution in [0.4, 0.5) is 0 Å². The Bertz CT molecular complexity index is 1260. The first-order valence-electron chi connectivity index (χ1n) is 12.0. The summed E-state index contributed by atoms with van der Waals surface area (Å²) in [6.07, 6.45) is 4.62. The maximum absolute atomic E-state index is 12.8. The Kier molecular flexibility index (Phi) is 8.72. The summed E-state index contributed by atoms with van der Waals surface area (Å²) < 4.78 is 13.8. The quantitative estimate of drug-likeness (QED) is 0.252. The minimum absolute atomic E-state index is 0.249. The number of carbonyl (C=O) groups excluding carboxylic acids is 3. The monoisotopic (exact) mass is 501 g/mol. The molecule has 1 aliphatic heterocycles. The topological polar surface area (TPSA) is 92.4 Å². The molecule has 0 atom stereocenters. The molecular weight excluding hydrogens is 470 g/mol. The molecule has 0 bridgehead atoms. The fourth-order valence-corrected chi connectivity index (χ4v) is 5.02. The number of rotatable bonds is 7. The number of esters is 2. The average Bonchev–Trinajstić information content (AvgIpc) is 3.37. The van der Waals surface area contributed by atoms with E-state index in [2.05, 4.69) is 5.10 Å². The van der Waals surface area contributed by atoms with Crippen LogP contribution in [0.15, 0.2) is 12.1 Å². The van der Waals surface area contributed by atoms with Gasteiger partial charge in [0.15, 0.2) is 6.29 Å². The molecule has 3 aromatic rings. The third-order valence-corrected chi connectivity index (χ3v) is 6.46. The summed E-state index contributed by atoms with van der Waals surface area (Å²) in [4.78, 5) is 35.9. The van der Waals surface area contributed by atoms with Gasteiger partial charge in [-0.05, 0) is 43.7 Å². The van der Waals surface area contributed by atoms with E-state index in [-0.39, 0.29) is 12.6 Å². The number of hydrogen-bond donors (Lipinski definition) is 0. The lowest BCUT2D eigenvalue weighted by Gasteiger charge is -2.16. The zero-order valence-electron chi connectivity index (χ0n) is 20.9. The van der Waals surface area contributed by atoms with Crippen LogP contribution >= 0.6 is 11.6 Å². The maximum atomic E-state index is 12.8. The summed E-state index contributed by atoms with van der Waals surface area (Å²) in [6.45, 7) is 6.37. The number of aldehydes is 1. The normalized spacial score (nSPS) is 12.5. The maximum Gasteiger partial charge on any atom is 0.354 e. The summed E-state index contributed by atoms with van der Waals surface area (Å²) in [7, 11) is 3.13. The van der Waals surface area contributed by atoms with Crippen LogP contribution in [0.2, 0.25) is 5.02 Å². The van der Waals surface area contributed by atoms with Crippen LogP contribution in [0.3, 0.4) is 0 Å². The summed E-state index contributed by atoms with van der Waals surface area (Å²) in [5, 5.41) is 5.84. The van der Waals surface area contributed by atoms with E-state index in [0.29, 0.717) is 34.8 Å². The summed E-state index contributed by atoms with van der Waals surface area (Å²) in [5.41, 5.74) is 4.69. The van der Waals surface area contributed by atoms with Gasteiger partial charge in [0.25, 0.3) is 0 Å². The van der Waals surface area contributed by atoms with Crippen LogP contribution in [0.5, 0.6) is 0 Å². The van der Waals surface area contributed by atoms with Crippen molar-refractivity contribution in [3.05, 3.63) is 39.8 Å². The number of ether oxygens (including phenoxy) is 2. The number of hydrogen-bond acceptors (Lipinski definition) is 6. The van der Waals surface area contributed by atoms with Gasteiger partial charge in [0.05, 0.1) is 24.3 Å². The number of aromatic nitrogens is 3. The molecule has 2 aromatic heterocycles. The van der Waals surface area contributed by atoms with E-state index in [1.165, 1.54) is 14.0 Å². The molecule has 0 saturated carbocycles. The van der Waals surface area contributed by atoms with Crippen molar-refractivity contribution in [1.82, 2.24) is 14.3 Å². The highest BCUT2D eigenvalue weighted by molar-refractivity contribution is 6.35. The second-order valence-electron chi connectivity index (χ2n) is 8.14. The predicted octanol–water partition coefficient (Wildman–Crippen LogP) is 5.15. The molecule has 0 fully saturated rings. The van der Waals surface area contributed by atoms with Crippen LogP contribution in [-0.2, 0) is 40.7 Å². The van der Waals surface area contributed by atoms with Gasteiger partial charge in [-0.1, -0.05) is 31.5 Å². The van der Waals surface area contributed by atoms with Gasteiger partial charge < -0.3 is 14.0 Å². The minimum atomic E-state index is -0.467. The third kappa shape index (κ3) is 4.98. The summed E-state index contributed by atoms with van der Waals surface area (Å²) in [5.74, 6) is -0.812. The number of aryl methyl sites for hydroxylation is 3. The van der Waals surface area contributed by atoms with Crippen molar-refractivity contribution in [2.75, 3.05) is 13.7 Å². The average molecular weight is 502 g/mol. The fourth-order valence-electron chi connectivity index (χ4n) is 4.78. The first-order valence-corrected chi connectivity index (χ1v) is 12.3. The molecule has 0 amide bonds. The van der Waals surface area contributed by atoms with E-state index < -0.39 is 5.97 Å². The molecule has 0 unspecified atom stereocenters. The van der Waals surface area contributed by atoms with Crippen molar-refractivity contribution < 1.29 is 23.9 Å². The van der Waals surface area contributed by atoms with Gasteiger partial charge in [0.1, 0.15) is 11.4 Å². The molecule has 0 N–H and O–H groups in total. The molecule has 0 aliphatic carbocycles. The highest BCUT2D eigenvalue weighted by Crippen LogP contribution is 2.42. The van der Waals surface area contributed by atoms with Gasteiger partial charge in [-0.3, -0.25) is 14.3 Å².